The Morgan fingerprint density at radius 3 is 2.69 bits per heavy atom. The van der Waals surface area contributed by atoms with Crippen molar-refractivity contribution in [2.45, 2.75) is 45.3 Å². The number of ether oxygens (including phenoxy) is 1. The minimum Gasteiger partial charge on any atom is -0.378 e. The summed E-state index contributed by atoms with van der Waals surface area (Å²) in [5.41, 5.74) is 2.86. The average molecular weight is 472 g/mol. The van der Waals surface area contributed by atoms with Gasteiger partial charge >= 0.3 is 0 Å². The number of fused-ring (bicyclic) bond motifs is 1. The maximum atomic E-state index is 5.75. The molecule has 2 aliphatic rings. The summed E-state index contributed by atoms with van der Waals surface area (Å²) in [5.74, 6) is 1.02. The van der Waals surface area contributed by atoms with Crippen LogP contribution < -0.4 is 10.2 Å². The highest BCUT2D eigenvalue weighted by Gasteiger charge is 2.25. The van der Waals surface area contributed by atoms with Crippen LogP contribution >= 0.6 is 24.0 Å². The number of hydrogen-bond acceptors (Lipinski definition) is 3. The van der Waals surface area contributed by atoms with E-state index in [1.807, 2.05) is 7.05 Å². The second-order valence-electron chi connectivity index (χ2n) is 6.99. The summed E-state index contributed by atoms with van der Waals surface area (Å²) in [6.07, 6.45) is 3.74. The van der Waals surface area contributed by atoms with E-state index in [2.05, 4.69) is 58.2 Å². The number of benzene rings is 1. The van der Waals surface area contributed by atoms with E-state index in [1.54, 1.807) is 0 Å². The van der Waals surface area contributed by atoms with Crippen LogP contribution in [0.4, 0.5) is 5.69 Å². The number of piperidine rings is 1. The number of nitrogens with one attached hydrogen (secondary N) is 1. The number of halogens is 1. The SMILES string of the molecule is CCOC1CCN(C(=NC)NCC(C)N2CCc3ccccc32)CC1.I. The van der Waals surface area contributed by atoms with Crippen molar-refractivity contribution in [2.75, 3.05) is 44.7 Å². The standard InChI is InChI=1S/C20H32N4O.HI/c1-4-25-18-10-12-23(13-11-18)20(21-3)22-15-16(2)24-14-9-17-7-5-6-8-19(17)24;/h5-8,16,18H,4,9-15H2,1-3H3,(H,21,22);1H. The molecule has 0 bridgehead atoms. The topological polar surface area (TPSA) is 40.1 Å². The molecule has 0 radical (unpaired) electrons. The van der Waals surface area contributed by atoms with Gasteiger partial charge in [0.15, 0.2) is 5.96 Å². The molecule has 0 amide bonds. The van der Waals surface area contributed by atoms with E-state index in [-0.39, 0.29) is 24.0 Å². The van der Waals surface area contributed by atoms with Gasteiger partial charge in [0.1, 0.15) is 0 Å². The summed E-state index contributed by atoms with van der Waals surface area (Å²) < 4.78 is 5.75. The van der Waals surface area contributed by atoms with Crippen molar-refractivity contribution in [3.63, 3.8) is 0 Å². The number of likely N-dealkylation sites (tertiary alicyclic amines) is 1. The minimum absolute atomic E-state index is 0. The smallest absolute Gasteiger partial charge is 0.193 e. The zero-order valence-electron chi connectivity index (χ0n) is 16.3. The van der Waals surface area contributed by atoms with E-state index in [1.165, 1.54) is 11.3 Å². The quantitative estimate of drug-likeness (QED) is 0.406. The van der Waals surface area contributed by atoms with Gasteiger partial charge in [0, 0.05) is 51.6 Å². The summed E-state index contributed by atoms with van der Waals surface area (Å²) in [7, 11) is 1.88. The molecule has 1 atom stereocenters. The summed E-state index contributed by atoms with van der Waals surface area (Å²) in [4.78, 5) is 9.37. The molecule has 1 fully saturated rings. The van der Waals surface area contributed by atoms with Crippen molar-refractivity contribution < 1.29 is 4.74 Å². The van der Waals surface area contributed by atoms with Crippen molar-refractivity contribution in [3.05, 3.63) is 29.8 Å². The molecule has 0 aromatic heterocycles. The first-order valence-electron chi connectivity index (χ1n) is 9.64. The number of anilines is 1. The van der Waals surface area contributed by atoms with Gasteiger partial charge in [-0.25, -0.2) is 0 Å². The van der Waals surface area contributed by atoms with E-state index in [0.29, 0.717) is 12.1 Å². The maximum absolute atomic E-state index is 5.75. The average Bonchev–Trinajstić information content (AvgIpc) is 3.08. The Morgan fingerprint density at radius 2 is 2.00 bits per heavy atom. The second-order valence-corrected chi connectivity index (χ2v) is 6.99. The third-order valence-corrected chi connectivity index (χ3v) is 5.37. The van der Waals surface area contributed by atoms with Crippen LogP contribution in [-0.4, -0.2) is 62.8 Å². The Bertz CT molecular complexity index is 587. The molecule has 1 N–H and O–H groups in total. The van der Waals surface area contributed by atoms with Gasteiger partial charge in [-0.05, 0) is 44.7 Å². The predicted molar refractivity (Wildman–Crippen MR) is 120 cm³/mol. The van der Waals surface area contributed by atoms with Gasteiger partial charge in [-0.1, -0.05) is 18.2 Å². The molecule has 2 heterocycles. The minimum atomic E-state index is 0. The van der Waals surface area contributed by atoms with E-state index < -0.39 is 0 Å². The molecule has 0 saturated carbocycles. The summed E-state index contributed by atoms with van der Waals surface area (Å²) in [6, 6.07) is 9.21. The highest BCUT2D eigenvalue weighted by Crippen LogP contribution is 2.28. The van der Waals surface area contributed by atoms with Gasteiger partial charge in [-0.2, -0.15) is 0 Å². The predicted octanol–water partition coefficient (Wildman–Crippen LogP) is 3.13. The van der Waals surface area contributed by atoms with Crippen LogP contribution in [0.5, 0.6) is 0 Å². The molecular formula is C20H33IN4O. The Balaban J connectivity index is 0.00000243. The molecule has 26 heavy (non-hydrogen) atoms. The molecule has 1 aromatic rings. The molecule has 0 aliphatic carbocycles. The lowest BCUT2D eigenvalue weighted by Gasteiger charge is -2.35. The van der Waals surface area contributed by atoms with Crippen LogP contribution in [-0.2, 0) is 11.2 Å². The van der Waals surface area contributed by atoms with Crippen LogP contribution in [0.25, 0.3) is 0 Å². The monoisotopic (exact) mass is 472 g/mol. The zero-order valence-corrected chi connectivity index (χ0v) is 18.6. The Labute approximate surface area is 175 Å². The van der Waals surface area contributed by atoms with Crippen molar-refractivity contribution in [3.8, 4) is 0 Å². The summed E-state index contributed by atoms with van der Waals surface area (Å²) in [5, 5.41) is 3.59. The molecular weight excluding hydrogens is 439 g/mol. The van der Waals surface area contributed by atoms with Gasteiger partial charge < -0.3 is 19.9 Å². The molecule has 2 aliphatic heterocycles. The normalized spacial score (nSPS) is 19.1. The van der Waals surface area contributed by atoms with Crippen LogP contribution in [0.15, 0.2) is 29.3 Å². The Morgan fingerprint density at radius 1 is 1.27 bits per heavy atom. The van der Waals surface area contributed by atoms with E-state index in [4.69, 9.17) is 4.74 Å². The molecule has 0 spiro atoms. The van der Waals surface area contributed by atoms with Crippen molar-refractivity contribution in [1.82, 2.24) is 10.2 Å². The molecule has 146 valence electrons. The molecule has 1 unspecified atom stereocenters. The van der Waals surface area contributed by atoms with Crippen molar-refractivity contribution in [1.29, 1.82) is 0 Å². The number of nitrogens with zero attached hydrogens (tertiary/aromatic N) is 3. The third-order valence-electron chi connectivity index (χ3n) is 5.37. The van der Waals surface area contributed by atoms with Gasteiger partial charge in [0.05, 0.1) is 6.10 Å². The zero-order chi connectivity index (χ0) is 17.6. The molecule has 1 saturated heterocycles. The highest BCUT2D eigenvalue weighted by atomic mass is 127. The van der Waals surface area contributed by atoms with Crippen LogP contribution in [0.3, 0.4) is 0 Å². The Hall–Kier alpha value is -1.02. The van der Waals surface area contributed by atoms with Crippen LogP contribution in [0.1, 0.15) is 32.3 Å². The van der Waals surface area contributed by atoms with Gasteiger partial charge in [-0.3, -0.25) is 4.99 Å². The lowest BCUT2D eigenvalue weighted by Crippen LogP contribution is -2.50. The van der Waals surface area contributed by atoms with Crippen molar-refractivity contribution in [2.24, 2.45) is 4.99 Å². The first-order valence-corrected chi connectivity index (χ1v) is 9.64. The summed E-state index contributed by atoms with van der Waals surface area (Å²) in [6.45, 7) is 9.24. The number of para-hydroxylation sites is 1. The fourth-order valence-electron chi connectivity index (χ4n) is 3.97. The van der Waals surface area contributed by atoms with E-state index in [0.717, 1.165) is 58.0 Å². The van der Waals surface area contributed by atoms with Gasteiger partial charge in [-0.15, -0.1) is 24.0 Å². The largest absolute Gasteiger partial charge is 0.378 e. The summed E-state index contributed by atoms with van der Waals surface area (Å²) >= 11 is 0. The molecule has 3 rings (SSSR count). The Kier molecular flexibility index (Phi) is 8.47. The van der Waals surface area contributed by atoms with Gasteiger partial charge in [0.2, 0.25) is 0 Å². The van der Waals surface area contributed by atoms with Crippen LogP contribution in [0.2, 0.25) is 0 Å². The fourth-order valence-corrected chi connectivity index (χ4v) is 3.97. The van der Waals surface area contributed by atoms with E-state index in [9.17, 15) is 0 Å². The molecule has 6 heteroatoms. The number of guanidine groups is 1. The first-order chi connectivity index (χ1) is 12.2. The lowest BCUT2D eigenvalue weighted by molar-refractivity contribution is 0.0264. The molecule has 5 nitrogen and oxygen atoms in total. The number of hydrogen-bond donors (Lipinski definition) is 1. The second kappa shape index (κ2) is 10.3. The molecule has 1 aromatic carbocycles. The van der Waals surface area contributed by atoms with Gasteiger partial charge in [0.25, 0.3) is 0 Å². The number of rotatable bonds is 5. The maximum Gasteiger partial charge on any atom is 0.193 e. The number of aliphatic imine (C=N–C) groups is 1. The first kappa shape index (κ1) is 21.3. The fraction of sp³-hybridized carbons (Fsp3) is 0.650. The van der Waals surface area contributed by atoms with E-state index >= 15 is 0 Å². The highest BCUT2D eigenvalue weighted by molar-refractivity contribution is 14.0. The lowest BCUT2D eigenvalue weighted by atomic mass is 10.1. The van der Waals surface area contributed by atoms with Crippen molar-refractivity contribution >= 4 is 35.6 Å². The van der Waals surface area contributed by atoms with Crippen LogP contribution in [0, 0.1) is 0 Å². The third kappa shape index (κ3) is 5.03.